The molecule has 0 aliphatic carbocycles. The fourth-order valence-electron chi connectivity index (χ4n) is 2.77. The lowest BCUT2D eigenvalue weighted by Crippen LogP contribution is -2.21. The van der Waals surface area contributed by atoms with E-state index in [4.69, 9.17) is 16.3 Å². The van der Waals surface area contributed by atoms with E-state index in [0.717, 1.165) is 31.1 Å². The van der Waals surface area contributed by atoms with E-state index in [-0.39, 0.29) is 16.6 Å². The second kappa shape index (κ2) is 6.20. The van der Waals surface area contributed by atoms with Crippen molar-refractivity contribution in [2.75, 3.05) is 12.4 Å². The third kappa shape index (κ3) is 3.03. The molecule has 0 saturated carbocycles. The summed E-state index contributed by atoms with van der Waals surface area (Å²) in [5.41, 5.74) is 1.66. The van der Waals surface area contributed by atoms with Gasteiger partial charge in [-0.15, -0.1) is 0 Å². The van der Waals surface area contributed by atoms with Gasteiger partial charge < -0.3 is 10.1 Å². The molecule has 0 fully saturated rings. The van der Waals surface area contributed by atoms with Crippen LogP contribution in [0.4, 0.5) is 10.1 Å². The molecule has 2 aromatic rings. The number of benzene rings is 1. The van der Waals surface area contributed by atoms with Crippen LogP contribution in [0.5, 0.6) is 5.75 Å². The number of aryl methyl sites for hydroxylation is 1. The number of amides is 1. The molecule has 1 amide bonds. The van der Waals surface area contributed by atoms with Gasteiger partial charge in [0.15, 0.2) is 0 Å². The van der Waals surface area contributed by atoms with Crippen LogP contribution in [0, 0.1) is 11.7 Å². The van der Waals surface area contributed by atoms with Crippen molar-refractivity contribution in [3.63, 3.8) is 0 Å². The van der Waals surface area contributed by atoms with Gasteiger partial charge in [0.25, 0.3) is 5.91 Å². The maximum atomic E-state index is 13.7. The molecule has 1 aliphatic rings. The van der Waals surface area contributed by atoms with Crippen LogP contribution in [0.25, 0.3) is 0 Å². The Bertz CT molecular complexity index is 760. The van der Waals surface area contributed by atoms with E-state index in [1.807, 2.05) is 4.68 Å². The van der Waals surface area contributed by atoms with E-state index < -0.39 is 5.82 Å². The number of aromatic nitrogens is 2. The van der Waals surface area contributed by atoms with Crippen LogP contribution in [0.15, 0.2) is 18.3 Å². The first-order valence-corrected chi connectivity index (χ1v) is 7.76. The highest BCUT2D eigenvalue weighted by molar-refractivity contribution is 6.31. The summed E-state index contributed by atoms with van der Waals surface area (Å²) in [4.78, 5) is 12.5. The van der Waals surface area contributed by atoms with Crippen molar-refractivity contribution < 1.29 is 13.9 Å². The summed E-state index contributed by atoms with van der Waals surface area (Å²) in [5.74, 6) is -0.138. The lowest BCUT2D eigenvalue weighted by Gasteiger charge is -2.20. The monoisotopic (exact) mass is 337 g/mol. The molecule has 1 aromatic carbocycles. The van der Waals surface area contributed by atoms with Crippen molar-refractivity contribution in [1.82, 2.24) is 9.78 Å². The van der Waals surface area contributed by atoms with Gasteiger partial charge in [-0.05, 0) is 18.8 Å². The fourth-order valence-corrected chi connectivity index (χ4v) is 2.92. The molecule has 0 radical (unpaired) electrons. The van der Waals surface area contributed by atoms with E-state index >= 15 is 0 Å². The molecule has 0 spiro atoms. The zero-order valence-corrected chi connectivity index (χ0v) is 13.7. The maximum Gasteiger partial charge on any atom is 0.259 e. The van der Waals surface area contributed by atoms with Gasteiger partial charge >= 0.3 is 0 Å². The molecule has 1 aliphatic heterocycles. The summed E-state index contributed by atoms with van der Waals surface area (Å²) in [5, 5.41) is 6.88. The first kappa shape index (κ1) is 15.8. The van der Waals surface area contributed by atoms with Crippen LogP contribution >= 0.6 is 11.6 Å². The number of halogens is 2. The Hall–Kier alpha value is -2.08. The number of hydrogen-bond acceptors (Lipinski definition) is 3. The molecule has 2 heterocycles. The average molecular weight is 338 g/mol. The van der Waals surface area contributed by atoms with Gasteiger partial charge in [0, 0.05) is 18.7 Å². The summed E-state index contributed by atoms with van der Waals surface area (Å²) < 4.78 is 20.7. The zero-order valence-electron chi connectivity index (χ0n) is 12.9. The molecule has 1 aromatic heterocycles. The number of ether oxygens (including phenoxy) is 1. The van der Waals surface area contributed by atoms with Crippen LogP contribution in [0.3, 0.4) is 0 Å². The van der Waals surface area contributed by atoms with Gasteiger partial charge in [-0.1, -0.05) is 18.5 Å². The molecule has 23 heavy (non-hydrogen) atoms. The van der Waals surface area contributed by atoms with Crippen molar-refractivity contribution in [2.45, 2.75) is 26.3 Å². The van der Waals surface area contributed by atoms with E-state index in [1.165, 1.54) is 13.2 Å². The van der Waals surface area contributed by atoms with Gasteiger partial charge in [-0.3, -0.25) is 9.48 Å². The van der Waals surface area contributed by atoms with E-state index in [1.54, 1.807) is 6.20 Å². The van der Waals surface area contributed by atoms with Crippen LogP contribution in [-0.2, 0) is 13.0 Å². The predicted molar refractivity (Wildman–Crippen MR) is 85.6 cm³/mol. The van der Waals surface area contributed by atoms with E-state index in [0.29, 0.717) is 17.2 Å². The quantitative estimate of drug-likeness (QED) is 0.932. The lowest BCUT2D eigenvalue weighted by atomic mass is 9.96. The molecule has 122 valence electrons. The largest absolute Gasteiger partial charge is 0.495 e. The Morgan fingerprint density at radius 3 is 3.04 bits per heavy atom. The molecule has 3 rings (SSSR count). The first-order chi connectivity index (χ1) is 11.0. The summed E-state index contributed by atoms with van der Waals surface area (Å²) in [6, 6.07) is 2.49. The number of carbonyl (C=O) groups excluding carboxylic acids is 1. The van der Waals surface area contributed by atoms with Gasteiger partial charge in [-0.25, -0.2) is 4.39 Å². The van der Waals surface area contributed by atoms with Crippen molar-refractivity contribution in [3.05, 3.63) is 40.4 Å². The molecule has 1 atom stereocenters. The minimum Gasteiger partial charge on any atom is -0.495 e. The van der Waals surface area contributed by atoms with Crippen LogP contribution in [0.2, 0.25) is 5.02 Å². The molecule has 7 heteroatoms. The Balaban J connectivity index is 1.89. The van der Waals surface area contributed by atoms with Gasteiger partial charge in [0.05, 0.1) is 35.3 Å². The number of anilines is 1. The van der Waals surface area contributed by atoms with E-state index in [2.05, 4.69) is 17.3 Å². The molecule has 0 bridgehead atoms. The first-order valence-electron chi connectivity index (χ1n) is 7.38. The minimum atomic E-state index is -0.617. The minimum absolute atomic E-state index is 0.0587. The van der Waals surface area contributed by atoms with Crippen molar-refractivity contribution in [1.29, 1.82) is 0 Å². The average Bonchev–Trinajstić information content (AvgIpc) is 2.93. The second-order valence-electron chi connectivity index (χ2n) is 5.75. The number of rotatable bonds is 3. The molecule has 1 N–H and O–H groups in total. The third-order valence-corrected chi connectivity index (χ3v) is 4.35. The number of fused-ring (bicyclic) bond motifs is 1. The van der Waals surface area contributed by atoms with Crippen molar-refractivity contribution >= 4 is 23.2 Å². The SMILES string of the molecule is COc1cc(Cl)c(F)cc1NC(=O)c1cnn2c1CC(C)CC2. The molecular formula is C16H17ClFN3O2. The maximum absolute atomic E-state index is 13.7. The highest BCUT2D eigenvalue weighted by atomic mass is 35.5. The fraction of sp³-hybridized carbons (Fsp3) is 0.375. The number of hydrogen-bond donors (Lipinski definition) is 1. The normalized spacial score (nSPS) is 16.8. The summed E-state index contributed by atoms with van der Waals surface area (Å²) in [6.45, 7) is 2.96. The topological polar surface area (TPSA) is 56.1 Å². The zero-order chi connectivity index (χ0) is 16.6. The number of nitrogens with one attached hydrogen (secondary N) is 1. The Labute approximate surface area is 138 Å². The summed E-state index contributed by atoms with van der Waals surface area (Å²) >= 11 is 5.73. The molecule has 0 saturated heterocycles. The second-order valence-corrected chi connectivity index (χ2v) is 6.15. The van der Waals surface area contributed by atoms with Crippen molar-refractivity contribution in [2.24, 2.45) is 5.92 Å². The Kier molecular flexibility index (Phi) is 4.26. The molecular weight excluding hydrogens is 321 g/mol. The van der Waals surface area contributed by atoms with Gasteiger partial charge in [-0.2, -0.15) is 5.10 Å². The summed E-state index contributed by atoms with van der Waals surface area (Å²) in [6.07, 6.45) is 3.41. The van der Waals surface area contributed by atoms with Crippen LogP contribution in [-0.4, -0.2) is 22.8 Å². The van der Waals surface area contributed by atoms with Gasteiger partial charge in [0.1, 0.15) is 11.6 Å². The van der Waals surface area contributed by atoms with Gasteiger partial charge in [0.2, 0.25) is 0 Å². The van der Waals surface area contributed by atoms with Crippen molar-refractivity contribution in [3.8, 4) is 5.75 Å². The van der Waals surface area contributed by atoms with Crippen LogP contribution in [0.1, 0.15) is 29.4 Å². The highest BCUT2D eigenvalue weighted by Gasteiger charge is 2.24. The summed E-state index contributed by atoms with van der Waals surface area (Å²) in [7, 11) is 1.43. The predicted octanol–water partition coefficient (Wildman–Crippen LogP) is 3.52. The standard InChI is InChI=1S/C16H17ClFN3O2/c1-9-3-4-21-14(5-9)10(8-19-21)16(22)20-13-7-12(18)11(17)6-15(13)23-2/h6-9H,3-5H2,1-2H3,(H,20,22). The third-order valence-electron chi connectivity index (χ3n) is 4.06. The lowest BCUT2D eigenvalue weighted by molar-refractivity contribution is 0.102. The Morgan fingerprint density at radius 2 is 2.30 bits per heavy atom. The number of methoxy groups -OCH3 is 1. The molecule has 1 unspecified atom stereocenters. The number of carbonyl (C=O) groups is 1. The smallest absolute Gasteiger partial charge is 0.259 e. The van der Waals surface area contributed by atoms with E-state index in [9.17, 15) is 9.18 Å². The molecule has 5 nitrogen and oxygen atoms in total. The number of nitrogens with zero attached hydrogens (tertiary/aromatic N) is 2. The Morgan fingerprint density at radius 1 is 1.52 bits per heavy atom. The van der Waals surface area contributed by atoms with Crippen LogP contribution < -0.4 is 10.1 Å². The highest BCUT2D eigenvalue weighted by Crippen LogP contribution is 2.31.